The first-order chi connectivity index (χ1) is 7.86. The molecule has 3 rings (SSSR count). The van der Waals surface area contributed by atoms with E-state index < -0.39 is 0 Å². The Bertz CT molecular complexity index is 621. The maximum Gasteiger partial charge on any atom is -0.00144 e. The number of rotatable bonds is 1. The van der Waals surface area contributed by atoms with Gasteiger partial charge in [0.1, 0.15) is 0 Å². The van der Waals surface area contributed by atoms with E-state index >= 15 is 0 Å². The van der Waals surface area contributed by atoms with Crippen LogP contribution in [0, 0.1) is 6.92 Å². The highest BCUT2D eigenvalue weighted by atomic mass is 32.1. The molecule has 0 atom stereocenters. The minimum absolute atomic E-state index is 1.31. The molecule has 0 saturated carbocycles. The smallest absolute Gasteiger partial charge is 0.00144 e. The Kier molecular flexibility index (Phi) is 2.26. The van der Waals surface area contributed by atoms with Crippen LogP contribution in [0.4, 0.5) is 0 Å². The summed E-state index contributed by atoms with van der Waals surface area (Å²) in [4.78, 5) is 0. The number of hydrogen-bond acceptors (Lipinski definition) is 1. The van der Waals surface area contributed by atoms with Gasteiger partial charge in [0.2, 0.25) is 0 Å². The van der Waals surface area contributed by atoms with E-state index in [4.69, 9.17) is 0 Å². The fraction of sp³-hybridized carbons (Fsp3) is 0.0667. The summed E-state index contributed by atoms with van der Waals surface area (Å²) in [6.07, 6.45) is 0. The zero-order valence-corrected chi connectivity index (χ0v) is 9.92. The minimum Gasteiger partial charge on any atom is -0.152 e. The van der Waals surface area contributed by atoms with Gasteiger partial charge in [-0.2, -0.15) is 11.3 Å². The third-order valence-electron chi connectivity index (χ3n) is 2.95. The maximum atomic E-state index is 2.22. The molecule has 3 aromatic rings. The molecule has 0 N–H and O–H groups in total. The van der Waals surface area contributed by atoms with Gasteiger partial charge in [-0.05, 0) is 51.2 Å². The summed E-state index contributed by atoms with van der Waals surface area (Å²) in [6.45, 7) is 2.18. The molecular formula is C15H12S. The quantitative estimate of drug-likeness (QED) is 0.553. The first-order valence-electron chi connectivity index (χ1n) is 5.37. The number of benzene rings is 2. The molecule has 2 aromatic carbocycles. The molecule has 0 saturated heterocycles. The number of aryl methyl sites for hydroxylation is 1. The number of hydrogen-bond donors (Lipinski definition) is 0. The zero-order chi connectivity index (χ0) is 11.0. The fourth-order valence-corrected chi connectivity index (χ4v) is 2.82. The monoisotopic (exact) mass is 224 g/mol. The van der Waals surface area contributed by atoms with Crippen LogP contribution in [0.3, 0.4) is 0 Å². The summed E-state index contributed by atoms with van der Waals surface area (Å²) in [6, 6.07) is 15.2. The molecule has 0 amide bonds. The summed E-state index contributed by atoms with van der Waals surface area (Å²) >= 11 is 1.75. The van der Waals surface area contributed by atoms with Crippen LogP contribution in [-0.4, -0.2) is 0 Å². The van der Waals surface area contributed by atoms with Crippen molar-refractivity contribution in [3.8, 4) is 11.1 Å². The number of fused-ring (bicyclic) bond motifs is 1. The van der Waals surface area contributed by atoms with Crippen LogP contribution < -0.4 is 0 Å². The van der Waals surface area contributed by atoms with Gasteiger partial charge < -0.3 is 0 Å². The molecule has 0 aliphatic heterocycles. The second kappa shape index (κ2) is 3.76. The Morgan fingerprint density at radius 1 is 0.938 bits per heavy atom. The van der Waals surface area contributed by atoms with E-state index in [1.165, 1.54) is 27.5 Å². The van der Waals surface area contributed by atoms with E-state index in [9.17, 15) is 0 Å². The molecule has 0 fully saturated rings. The molecule has 0 aliphatic carbocycles. The lowest BCUT2D eigenvalue weighted by atomic mass is 9.96. The van der Waals surface area contributed by atoms with Gasteiger partial charge in [0.15, 0.2) is 0 Å². The van der Waals surface area contributed by atoms with Gasteiger partial charge >= 0.3 is 0 Å². The summed E-state index contributed by atoms with van der Waals surface area (Å²) < 4.78 is 0. The summed E-state index contributed by atoms with van der Waals surface area (Å²) in [5.41, 5.74) is 4.05. The van der Waals surface area contributed by atoms with Crippen molar-refractivity contribution < 1.29 is 0 Å². The SMILES string of the molecule is Cc1ccc2ccccc2c1-c1ccsc1. The zero-order valence-electron chi connectivity index (χ0n) is 9.10. The first kappa shape index (κ1) is 9.61. The lowest BCUT2D eigenvalue weighted by Gasteiger charge is -2.08. The molecule has 0 radical (unpaired) electrons. The van der Waals surface area contributed by atoms with Gasteiger partial charge in [0.05, 0.1) is 0 Å². The van der Waals surface area contributed by atoms with Crippen molar-refractivity contribution in [3.05, 3.63) is 58.8 Å². The minimum atomic E-state index is 1.31. The standard InChI is InChI=1S/C15H12S/c1-11-6-7-12-4-2-3-5-14(12)15(11)13-8-9-16-10-13/h2-10H,1H3. The Morgan fingerprint density at radius 3 is 2.62 bits per heavy atom. The van der Waals surface area contributed by atoms with Crippen molar-refractivity contribution in [2.75, 3.05) is 0 Å². The van der Waals surface area contributed by atoms with Crippen molar-refractivity contribution in [2.45, 2.75) is 6.92 Å². The van der Waals surface area contributed by atoms with Gasteiger partial charge in [-0.15, -0.1) is 0 Å². The third-order valence-corrected chi connectivity index (χ3v) is 3.63. The molecule has 1 heterocycles. The van der Waals surface area contributed by atoms with E-state index in [0.717, 1.165) is 0 Å². The predicted octanol–water partition coefficient (Wildman–Crippen LogP) is 4.88. The van der Waals surface area contributed by atoms with Crippen LogP contribution in [0.15, 0.2) is 53.2 Å². The van der Waals surface area contributed by atoms with Crippen molar-refractivity contribution in [2.24, 2.45) is 0 Å². The van der Waals surface area contributed by atoms with Gasteiger partial charge in [-0.1, -0.05) is 36.4 Å². The van der Waals surface area contributed by atoms with E-state index in [1.807, 2.05) is 0 Å². The van der Waals surface area contributed by atoms with Gasteiger partial charge in [-0.25, -0.2) is 0 Å². The van der Waals surface area contributed by atoms with Gasteiger partial charge in [-0.3, -0.25) is 0 Å². The van der Waals surface area contributed by atoms with Crippen LogP contribution >= 0.6 is 11.3 Å². The largest absolute Gasteiger partial charge is 0.152 e. The first-order valence-corrected chi connectivity index (χ1v) is 6.31. The van der Waals surface area contributed by atoms with Gasteiger partial charge in [0, 0.05) is 0 Å². The normalized spacial score (nSPS) is 10.8. The highest BCUT2D eigenvalue weighted by molar-refractivity contribution is 7.08. The van der Waals surface area contributed by atoms with E-state index in [0.29, 0.717) is 0 Å². The number of thiophene rings is 1. The van der Waals surface area contributed by atoms with Crippen LogP contribution in [0.2, 0.25) is 0 Å². The lowest BCUT2D eigenvalue weighted by Crippen LogP contribution is -1.83. The molecule has 0 aliphatic rings. The summed E-state index contributed by atoms with van der Waals surface area (Å²) in [5.74, 6) is 0. The maximum absolute atomic E-state index is 2.22. The topological polar surface area (TPSA) is 0 Å². The van der Waals surface area contributed by atoms with Crippen molar-refractivity contribution >= 4 is 22.1 Å². The fourth-order valence-electron chi connectivity index (χ4n) is 2.17. The van der Waals surface area contributed by atoms with Crippen LogP contribution in [-0.2, 0) is 0 Å². The summed E-state index contributed by atoms with van der Waals surface area (Å²) in [5, 5.41) is 7.01. The van der Waals surface area contributed by atoms with E-state index in [-0.39, 0.29) is 0 Å². The average molecular weight is 224 g/mol. The van der Waals surface area contributed by atoms with Crippen LogP contribution in [0.5, 0.6) is 0 Å². The summed E-state index contributed by atoms with van der Waals surface area (Å²) in [7, 11) is 0. The van der Waals surface area contributed by atoms with Gasteiger partial charge in [0.25, 0.3) is 0 Å². The Balaban J connectivity index is 2.42. The predicted molar refractivity (Wildman–Crippen MR) is 72.0 cm³/mol. The third kappa shape index (κ3) is 1.44. The van der Waals surface area contributed by atoms with Crippen LogP contribution in [0.25, 0.3) is 21.9 Å². The average Bonchev–Trinajstić information content (AvgIpc) is 2.82. The molecule has 0 nitrogen and oxygen atoms in total. The van der Waals surface area contributed by atoms with E-state index in [1.54, 1.807) is 11.3 Å². The second-order valence-corrected chi connectivity index (χ2v) is 4.77. The van der Waals surface area contributed by atoms with Crippen molar-refractivity contribution in [1.82, 2.24) is 0 Å². The lowest BCUT2D eigenvalue weighted by molar-refractivity contribution is 1.50. The molecule has 0 spiro atoms. The van der Waals surface area contributed by atoms with Crippen molar-refractivity contribution in [3.63, 3.8) is 0 Å². The van der Waals surface area contributed by atoms with Crippen molar-refractivity contribution in [1.29, 1.82) is 0 Å². The second-order valence-electron chi connectivity index (χ2n) is 3.99. The molecular weight excluding hydrogens is 212 g/mol. The molecule has 16 heavy (non-hydrogen) atoms. The molecule has 78 valence electrons. The Hall–Kier alpha value is -1.60. The van der Waals surface area contributed by atoms with Crippen LogP contribution in [0.1, 0.15) is 5.56 Å². The Labute approximate surface area is 99.2 Å². The molecule has 0 bridgehead atoms. The molecule has 1 heteroatoms. The highest BCUT2D eigenvalue weighted by Gasteiger charge is 2.06. The van der Waals surface area contributed by atoms with E-state index in [2.05, 4.69) is 60.1 Å². The Morgan fingerprint density at radius 2 is 1.81 bits per heavy atom. The molecule has 1 aromatic heterocycles. The highest BCUT2D eigenvalue weighted by Crippen LogP contribution is 2.32. The molecule has 0 unspecified atom stereocenters.